The van der Waals surface area contributed by atoms with Crippen LogP contribution in [0.15, 0.2) is 28.7 Å². The first-order valence-electron chi connectivity index (χ1n) is 5.42. The maximum atomic E-state index is 5.64. The molecular weight excluding hydrogens is 254 g/mol. The minimum atomic E-state index is 0.785. The third-order valence-electron chi connectivity index (χ3n) is 2.19. The lowest BCUT2D eigenvalue weighted by atomic mass is 10.2. The zero-order chi connectivity index (χ0) is 10.9. The zero-order valence-electron chi connectivity index (χ0n) is 8.92. The lowest BCUT2D eigenvalue weighted by Crippen LogP contribution is -2.00. The van der Waals surface area contributed by atoms with Crippen molar-refractivity contribution in [3.05, 3.63) is 28.7 Å². The SMILES string of the molecule is NCCCCCCOc1ccccc1Br. The normalized spacial score (nSPS) is 10.3. The summed E-state index contributed by atoms with van der Waals surface area (Å²) < 4.78 is 6.66. The van der Waals surface area contributed by atoms with Crippen molar-refractivity contribution in [3.63, 3.8) is 0 Å². The molecule has 0 aromatic heterocycles. The van der Waals surface area contributed by atoms with Crippen molar-refractivity contribution in [2.75, 3.05) is 13.2 Å². The first-order chi connectivity index (χ1) is 7.34. The molecule has 0 radical (unpaired) electrons. The molecule has 0 heterocycles. The smallest absolute Gasteiger partial charge is 0.133 e. The molecule has 0 unspecified atom stereocenters. The van der Waals surface area contributed by atoms with Crippen LogP contribution in [0.2, 0.25) is 0 Å². The monoisotopic (exact) mass is 271 g/mol. The fourth-order valence-corrected chi connectivity index (χ4v) is 1.74. The van der Waals surface area contributed by atoms with E-state index in [9.17, 15) is 0 Å². The molecule has 1 aromatic rings. The molecule has 2 nitrogen and oxygen atoms in total. The van der Waals surface area contributed by atoms with E-state index < -0.39 is 0 Å². The molecule has 0 atom stereocenters. The van der Waals surface area contributed by atoms with Gasteiger partial charge in [-0.05, 0) is 47.4 Å². The number of unbranched alkanes of at least 4 members (excludes halogenated alkanes) is 3. The van der Waals surface area contributed by atoms with Crippen LogP contribution < -0.4 is 10.5 Å². The minimum absolute atomic E-state index is 0.785. The van der Waals surface area contributed by atoms with Crippen LogP contribution in [0.25, 0.3) is 0 Å². The van der Waals surface area contributed by atoms with Crippen molar-refractivity contribution in [2.24, 2.45) is 5.73 Å². The van der Waals surface area contributed by atoms with Crippen molar-refractivity contribution in [2.45, 2.75) is 25.7 Å². The Labute approximate surface area is 99.9 Å². The van der Waals surface area contributed by atoms with Crippen LogP contribution in [0.5, 0.6) is 5.75 Å². The summed E-state index contributed by atoms with van der Waals surface area (Å²) in [6.45, 7) is 1.58. The van der Waals surface area contributed by atoms with Gasteiger partial charge in [-0.2, -0.15) is 0 Å². The van der Waals surface area contributed by atoms with Gasteiger partial charge in [0.2, 0.25) is 0 Å². The molecule has 3 heteroatoms. The Kier molecular flexibility index (Phi) is 6.44. The van der Waals surface area contributed by atoms with Gasteiger partial charge in [-0.3, -0.25) is 0 Å². The molecular formula is C12H18BrNO. The first kappa shape index (κ1) is 12.5. The highest BCUT2D eigenvalue weighted by Gasteiger charge is 1.98. The molecule has 0 spiro atoms. The van der Waals surface area contributed by atoms with Gasteiger partial charge in [0.25, 0.3) is 0 Å². The number of nitrogens with two attached hydrogens (primary N) is 1. The van der Waals surface area contributed by atoms with Gasteiger partial charge in [0, 0.05) is 0 Å². The Balaban J connectivity index is 2.12. The van der Waals surface area contributed by atoms with Gasteiger partial charge >= 0.3 is 0 Å². The van der Waals surface area contributed by atoms with Crippen molar-refractivity contribution in [1.82, 2.24) is 0 Å². The van der Waals surface area contributed by atoms with Crippen molar-refractivity contribution in [1.29, 1.82) is 0 Å². The first-order valence-corrected chi connectivity index (χ1v) is 6.21. The molecule has 2 N–H and O–H groups in total. The van der Waals surface area contributed by atoms with Crippen molar-refractivity contribution >= 4 is 15.9 Å². The van der Waals surface area contributed by atoms with Gasteiger partial charge in [-0.1, -0.05) is 25.0 Å². The van der Waals surface area contributed by atoms with Crippen molar-refractivity contribution in [3.8, 4) is 5.75 Å². The molecule has 0 fully saturated rings. The highest BCUT2D eigenvalue weighted by Crippen LogP contribution is 2.23. The van der Waals surface area contributed by atoms with Gasteiger partial charge in [0.1, 0.15) is 5.75 Å². The average molecular weight is 272 g/mol. The Morgan fingerprint density at radius 3 is 2.53 bits per heavy atom. The summed E-state index contributed by atoms with van der Waals surface area (Å²) in [7, 11) is 0. The fraction of sp³-hybridized carbons (Fsp3) is 0.500. The lowest BCUT2D eigenvalue weighted by Gasteiger charge is -2.07. The van der Waals surface area contributed by atoms with Crippen LogP contribution in [-0.4, -0.2) is 13.2 Å². The van der Waals surface area contributed by atoms with E-state index in [0.717, 1.165) is 36.2 Å². The summed E-state index contributed by atoms with van der Waals surface area (Å²) in [6.07, 6.45) is 4.62. The maximum absolute atomic E-state index is 5.64. The zero-order valence-corrected chi connectivity index (χ0v) is 10.5. The molecule has 0 aliphatic carbocycles. The predicted octanol–water partition coefficient (Wildman–Crippen LogP) is 3.35. The summed E-state index contributed by atoms with van der Waals surface area (Å²) in [4.78, 5) is 0. The standard InChI is InChI=1S/C12H18BrNO/c13-11-7-3-4-8-12(11)15-10-6-2-1-5-9-14/h3-4,7-8H,1-2,5-6,9-10,14H2. The Morgan fingerprint density at radius 2 is 1.80 bits per heavy atom. The molecule has 1 rings (SSSR count). The van der Waals surface area contributed by atoms with E-state index in [1.165, 1.54) is 12.8 Å². The highest BCUT2D eigenvalue weighted by atomic mass is 79.9. The van der Waals surface area contributed by atoms with Gasteiger partial charge < -0.3 is 10.5 Å². The summed E-state index contributed by atoms with van der Waals surface area (Å²) >= 11 is 3.45. The van der Waals surface area contributed by atoms with Gasteiger partial charge in [0.05, 0.1) is 11.1 Å². The number of para-hydroxylation sites is 1. The molecule has 0 aliphatic heterocycles. The van der Waals surface area contributed by atoms with Gasteiger partial charge in [0.15, 0.2) is 0 Å². The molecule has 1 aromatic carbocycles. The minimum Gasteiger partial charge on any atom is -0.492 e. The second-order valence-corrected chi connectivity index (χ2v) is 4.34. The number of ether oxygens (including phenoxy) is 1. The van der Waals surface area contributed by atoms with E-state index in [2.05, 4.69) is 15.9 Å². The highest BCUT2D eigenvalue weighted by molar-refractivity contribution is 9.10. The quantitative estimate of drug-likeness (QED) is 0.772. The Hall–Kier alpha value is -0.540. The van der Waals surface area contributed by atoms with Crippen LogP contribution in [-0.2, 0) is 0 Å². The predicted molar refractivity (Wildman–Crippen MR) is 67.2 cm³/mol. The second kappa shape index (κ2) is 7.71. The Bertz CT molecular complexity index is 278. The summed E-state index contributed by atoms with van der Waals surface area (Å²) in [5, 5.41) is 0. The lowest BCUT2D eigenvalue weighted by molar-refractivity contribution is 0.303. The average Bonchev–Trinajstić information content (AvgIpc) is 2.25. The van der Waals surface area contributed by atoms with Crippen LogP contribution >= 0.6 is 15.9 Å². The van der Waals surface area contributed by atoms with E-state index in [4.69, 9.17) is 10.5 Å². The summed E-state index contributed by atoms with van der Waals surface area (Å²) in [6, 6.07) is 7.93. The molecule has 0 bridgehead atoms. The molecule has 0 amide bonds. The van der Waals surface area contributed by atoms with E-state index in [1.807, 2.05) is 24.3 Å². The van der Waals surface area contributed by atoms with Gasteiger partial charge in [-0.15, -0.1) is 0 Å². The number of rotatable bonds is 7. The Morgan fingerprint density at radius 1 is 1.07 bits per heavy atom. The largest absolute Gasteiger partial charge is 0.492 e. The maximum Gasteiger partial charge on any atom is 0.133 e. The fourth-order valence-electron chi connectivity index (χ4n) is 1.34. The molecule has 0 saturated carbocycles. The molecule has 0 aliphatic rings. The van der Waals surface area contributed by atoms with Crippen LogP contribution in [0.1, 0.15) is 25.7 Å². The topological polar surface area (TPSA) is 35.2 Å². The number of halogens is 1. The van der Waals surface area contributed by atoms with E-state index in [-0.39, 0.29) is 0 Å². The summed E-state index contributed by atoms with van der Waals surface area (Å²) in [5.74, 6) is 0.927. The summed E-state index contributed by atoms with van der Waals surface area (Å²) in [5.41, 5.74) is 5.42. The van der Waals surface area contributed by atoms with E-state index in [0.29, 0.717) is 0 Å². The second-order valence-electron chi connectivity index (χ2n) is 3.48. The van der Waals surface area contributed by atoms with Crippen molar-refractivity contribution < 1.29 is 4.74 Å². The van der Waals surface area contributed by atoms with Gasteiger partial charge in [-0.25, -0.2) is 0 Å². The number of hydrogen-bond donors (Lipinski definition) is 1. The van der Waals surface area contributed by atoms with Crippen LogP contribution in [0.3, 0.4) is 0 Å². The molecule has 0 saturated heterocycles. The molecule has 84 valence electrons. The molecule has 15 heavy (non-hydrogen) atoms. The third-order valence-corrected chi connectivity index (χ3v) is 2.85. The number of hydrogen-bond acceptors (Lipinski definition) is 2. The van der Waals surface area contributed by atoms with E-state index in [1.54, 1.807) is 0 Å². The van der Waals surface area contributed by atoms with Crippen LogP contribution in [0.4, 0.5) is 0 Å². The van der Waals surface area contributed by atoms with E-state index >= 15 is 0 Å². The van der Waals surface area contributed by atoms with Crippen LogP contribution in [0, 0.1) is 0 Å². The third kappa shape index (κ3) is 5.19. The number of benzene rings is 1.